The average Bonchev–Trinajstić information content (AvgIpc) is 3.30. The maximum Gasteiger partial charge on any atom is 0.259 e. The summed E-state index contributed by atoms with van der Waals surface area (Å²) >= 11 is 0. The molecule has 0 spiro atoms. The maximum absolute atomic E-state index is 12.4. The van der Waals surface area contributed by atoms with Gasteiger partial charge in [-0.2, -0.15) is 5.26 Å². The van der Waals surface area contributed by atoms with E-state index in [-0.39, 0.29) is 36.5 Å². The fraction of sp³-hybridized carbons (Fsp3) is 0.407. The molecule has 2 N–H and O–H groups in total. The first-order valence-corrected chi connectivity index (χ1v) is 13.7. The van der Waals surface area contributed by atoms with Crippen LogP contribution in [0.1, 0.15) is 48.4 Å². The topological polar surface area (TPSA) is 109 Å². The minimum absolute atomic E-state index is 0. The lowest BCUT2D eigenvalue weighted by atomic mass is 9.76. The summed E-state index contributed by atoms with van der Waals surface area (Å²) in [5.74, 6) is 0.947. The van der Waals surface area contributed by atoms with Crippen molar-refractivity contribution in [3.05, 3.63) is 77.2 Å². The zero-order valence-corrected chi connectivity index (χ0v) is 23.0. The van der Waals surface area contributed by atoms with Gasteiger partial charge in [-0.15, -0.1) is 12.4 Å². The lowest BCUT2D eigenvalue weighted by molar-refractivity contribution is 0.319. The number of hydrogen-bond donors (Lipinski definition) is 2. The van der Waals surface area contributed by atoms with Gasteiger partial charge in [0.2, 0.25) is 0 Å². The van der Waals surface area contributed by atoms with Crippen LogP contribution in [-0.4, -0.2) is 43.2 Å². The van der Waals surface area contributed by atoms with Crippen molar-refractivity contribution in [1.29, 1.82) is 5.26 Å². The Bertz CT molecular complexity index is 1350. The molecule has 0 bridgehead atoms. The highest BCUT2D eigenvalue weighted by atomic mass is 35.5. The second-order valence-electron chi connectivity index (χ2n) is 9.57. The van der Waals surface area contributed by atoms with Gasteiger partial charge in [0.1, 0.15) is 12.4 Å². The second kappa shape index (κ2) is 12.6. The molecule has 0 aliphatic heterocycles. The van der Waals surface area contributed by atoms with Gasteiger partial charge in [0.25, 0.3) is 10.0 Å². The monoisotopic (exact) mass is 543 g/mol. The minimum Gasteiger partial charge on any atom is -0.492 e. The summed E-state index contributed by atoms with van der Waals surface area (Å²) in [6.45, 7) is 4.66. The van der Waals surface area contributed by atoms with Crippen molar-refractivity contribution in [3.63, 3.8) is 0 Å². The largest absolute Gasteiger partial charge is 0.492 e. The Hall–Kier alpha value is -2.90. The Balaban J connectivity index is 0.00000380. The number of nitrogens with zero attached hydrogens (tertiary/aromatic N) is 3. The number of fused-ring (bicyclic) bond motifs is 1. The van der Waals surface area contributed by atoms with E-state index < -0.39 is 10.0 Å². The Morgan fingerprint density at radius 3 is 2.76 bits per heavy atom. The number of aryl methyl sites for hydroxylation is 2. The number of rotatable bonds is 10. The average molecular weight is 544 g/mol. The van der Waals surface area contributed by atoms with E-state index >= 15 is 0 Å². The third-order valence-corrected chi connectivity index (χ3v) is 7.75. The van der Waals surface area contributed by atoms with Gasteiger partial charge in [-0.05, 0) is 60.2 Å². The van der Waals surface area contributed by atoms with Gasteiger partial charge in [-0.25, -0.2) is 18.1 Å². The molecule has 0 saturated heterocycles. The highest BCUT2D eigenvalue weighted by molar-refractivity contribution is 7.89. The van der Waals surface area contributed by atoms with Crippen LogP contribution in [0.5, 0.6) is 5.75 Å². The predicted molar refractivity (Wildman–Crippen MR) is 146 cm³/mol. The van der Waals surface area contributed by atoms with Gasteiger partial charge in [0, 0.05) is 37.8 Å². The molecule has 2 unspecified atom stereocenters. The van der Waals surface area contributed by atoms with Crippen molar-refractivity contribution in [1.82, 2.24) is 19.6 Å². The molecule has 0 amide bonds. The van der Waals surface area contributed by atoms with Crippen LogP contribution in [0.3, 0.4) is 0 Å². The molecule has 37 heavy (non-hydrogen) atoms. The number of aromatic nitrogens is 2. The normalized spacial score (nSPS) is 17.1. The standard InChI is InChI=1S/C27H33N5O3S.ClH/c1-19(2)31-26-10-8-22-7-9-23(35-12-11-30-36(33,34)27-17-32(3)18-29-27)15-24(22)25(26)14-20-5-4-6-21(13-20)16-28;/h4-7,9,13,15,17-19,25-26,30-31H,8,10-12,14H2,1-3H3;1H. The van der Waals surface area contributed by atoms with Crippen LogP contribution in [0.15, 0.2) is 60.0 Å². The first-order valence-electron chi connectivity index (χ1n) is 12.2. The zero-order chi connectivity index (χ0) is 25.7. The van der Waals surface area contributed by atoms with Crippen LogP contribution < -0.4 is 14.8 Å². The van der Waals surface area contributed by atoms with E-state index in [4.69, 9.17) is 4.74 Å². The molecule has 198 valence electrons. The molecular weight excluding hydrogens is 510 g/mol. The number of benzene rings is 2. The van der Waals surface area contributed by atoms with Gasteiger partial charge in [-0.1, -0.05) is 32.0 Å². The highest BCUT2D eigenvalue weighted by Crippen LogP contribution is 2.37. The zero-order valence-electron chi connectivity index (χ0n) is 21.3. The molecule has 1 aromatic heterocycles. The lowest BCUT2D eigenvalue weighted by Crippen LogP contribution is -2.42. The summed E-state index contributed by atoms with van der Waals surface area (Å²) in [6, 6.07) is 16.9. The fourth-order valence-corrected chi connectivity index (χ4v) is 5.80. The molecule has 0 saturated carbocycles. The SMILES string of the molecule is CC(C)NC1CCc2ccc(OCCNS(=O)(=O)c3cn(C)cn3)cc2C1Cc1cccc(C#N)c1.Cl. The van der Waals surface area contributed by atoms with Crippen LogP contribution in [-0.2, 0) is 29.9 Å². The Kier molecular flexibility index (Phi) is 9.74. The Morgan fingerprint density at radius 1 is 1.24 bits per heavy atom. The van der Waals surface area contributed by atoms with Gasteiger partial charge in [-0.3, -0.25) is 0 Å². The van der Waals surface area contributed by atoms with Crippen LogP contribution >= 0.6 is 12.4 Å². The smallest absolute Gasteiger partial charge is 0.259 e. The number of halogens is 1. The van der Waals surface area contributed by atoms with Crippen LogP contribution in [0.25, 0.3) is 0 Å². The second-order valence-corrected chi connectivity index (χ2v) is 11.3. The molecule has 0 radical (unpaired) electrons. The van der Waals surface area contributed by atoms with Gasteiger partial charge < -0.3 is 14.6 Å². The van der Waals surface area contributed by atoms with Gasteiger partial charge >= 0.3 is 0 Å². The van der Waals surface area contributed by atoms with Gasteiger partial charge in [0.05, 0.1) is 18.0 Å². The van der Waals surface area contributed by atoms with Crippen LogP contribution in [0.4, 0.5) is 0 Å². The van der Waals surface area contributed by atoms with Crippen molar-refractivity contribution >= 4 is 22.4 Å². The number of ether oxygens (including phenoxy) is 1. The fourth-order valence-electron chi connectivity index (χ4n) is 4.81. The van der Waals surface area contributed by atoms with Crippen molar-refractivity contribution in [2.45, 2.75) is 56.1 Å². The molecule has 1 aliphatic rings. The van der Waals surface area contributed by atoms with E-state index in [2.05, 4.69) is 53.1 Å². The van der Waals surface area contributed by atoms with E-state index in [0.29, 0.717) is 23.4 Å². The summed E-state index contributed by atoms with van der Waals surface area (Å²) in [6.07, 6.45) is 5.76. The predicted octanol–water partition coefficient (Wildman–Crippen LogP) is 3.71. The molecule has 2 atom stereocenters. The first-order chi connectivity index (χ1) is 17.2. The van der Waals surface area contributed by atoms with E-state index in [9.17, 15) is 13.7 Å². The van der Waals surface area contributed by atoms with Crippen molar-refractivity contribution in [2.75, 3.05) is 13.2 Å². The summed E-state index contributed by atoms with van der Waals surface area (Å²) in [5.41, 5.74) is 4.36. The third kappa shape index (κ3) is 7.33. The molecule has 3 aromatic rings. The van der Waals surface area contributed by atoms with Crippen LogP contribution in [0, 0.1) is 11.3 Å². The first kappa shape index (κ1) is 28.7. The van der Waals surface area contributed by atoms with Crippen molar-refractivity contribution in [2.24, 2.45) is 7.05 Å². The number of sulfonamides is 1. The Labute approximate surface area is 225 Å². The summed E-state index contributed by atoms with van der Waals surface area (Å²) in [4.78, 5) is 3.90. The summed E-state index contributed by atoms with van der Waals surface area (Å²) < 4.78 is 34.8. The molecule has 4 rings (SSSR count). The number of nitrogens with one attached hydrogen (secondary N) is 2. The summed E-state index contributed by atoms with van der Waals surface area (Å²) in [5, 5.41) is 13.1. The van der Waals surface area contributed by atoms with E-state index in [1.54, 1.807) is 11.6 Å². The van der Waals surface area contributed by atoms with Crippen LogP contribution in [0.2, 0.25) is 0 Å². The van der Waals surface area contributed by atoms with E-state index in [0.717, 1.165) is 24.8 Å². The quantitative estimate of drug-likeness (QED) is 0.377. The lowest BCUT2D eigenvalue weighted by Gasteiger charge is -2.36. The summed E-state index contributed by atoms with van der Waals surface area (Å²) in [7, 11) is -1.95. The number of nitriles is 1. The molecule has 1 aliphatic carbocycles. The molecule has 8 nitrogen and oxygen atoms in total. The van der Waals surface area contributed by atoms with Gasteiger partial charge in [0.15, 0.2) is 5.03 Å². The number of imidazole rings is 1. The van der Waals surface area contributed by atoms with Crippen molar-refractivity contribution in [3.8, 4) is 11.8 Å². The van der Waals surface area contributed by atoms with E-state index in [1.165, 1.54) is 23.7 Å². The van der Waals surface area contributed by atoms with Crippen molar-refractivity contribution < 1.29 is 13.2 Å². The Morgan fingerprint density at radius 2 is 2.05 bits per heavy atom. The maximum atomic E-state index is 12.4. The highest BCUT2D eigenvalue weighted by Gasteiger charge is 2.30. The third-order valence-electron chi connectivity index (χ3n) is 6.41. The molecule has 1 heterocycles. The molecule has 2 aromatic carbocycles. The minimum atomic E-state index is -3.67. The molecule has 10 heteroatoms. The number of hydrogen-bond acceptors (Lipinski definition) is 6. The molecular formula is C27H34ClN5O3S. The molecule has 0 fully saturated rings. The van der Waals surface area contributed by atoms with E-state index in [1.807, 2.05) is 24.3 Å².